The van der Waals surface area contributed by atoms with E-state index in [9.17, 15) is 34.9 Å². The minimum absolute atomic E-state index is 0.120. The molecule has 11 heteroatoms. The minimum atomic E-state index is -4.87. The highest BCUT2D eigenvalue weighted by molar-refractivity contribution is 7.46. The van der Waals surface area contributed by atoms with E-state index in [0.717, 1.165) is 0 Å². The van der Waals surface area contributed by atoms with Gasteiger partial charge in [0, 0.05) is 6.42 Å². The van der Waals surface area contributed by atoms with Gasteiger partial charge in [-0.2, -0.15) is 0 Å². The number of ketones is 1. The lowest BCUT2D eigenvalue weighted by atomic mass is 9.96. The fraction of sp³-hybridized carbons (Fsp3) is 0.889. The number of aliphatic hydroxyl groups excluding tert-OH is 5. The van der Waals surface area contributed by atoms with E-state index in [-0.39, 0.29) is 6.42 Å². The average molecular weight is 318 g/mol. The summed E-state index contributed by atoms with van der Waals surface area (Å²) in [6.07, 6.45) is -10.3. The highest BCUT2D eigenvalue weighted by atomic mass is 31.2. The van der Waals surface area contributed by atoms with Crippen molar-refractivity contribution >= 4 is 13.6 Å². The first-order valence-electron chi connectivity index (χ1n) is 5.64. The van der Waals surface area contributed by atoms with Gasteiger partial charge in [-0.3, -0.25) is 9.32 Å². The zero-order valence-corrected chi connectivity index (χ0v) is 11.5. The maximum atomic E-state index is 11.1. The van der Waals surface area contributed by atoms with Crippen LogP contribution in [0, 0.1) is 0 Å². The van der Waals surface area contributed by atoms with Crippen LogP contribution >= 0.6 is 7.82 Å². The van der Waals surface area contributed by atoms with E-state index in [1.165, 1.54) is 6.92 Å². The van der Waals surface area contributed by atoms with E-state index in [0.29, 0.717) is 0 Å². The van der Waals surface area contributed by atoms with Crippen LogP contribution in [0.15, 0.2) is 0 Å². The first kappa shape index (κ1) is 19.6. The smallest absolute Gasteiger partial charge is 0.388 e. The van der Waals surface area contributed by atoms with E-state index in [1.54, 1.807) is 0 Å². The molecule has 0 saturated heterocycles. The van der Waals surface area contributed by atoms with Crippen LogP contribution in [0.4, 0.5) is 0 Å². The lowest BCUT2D eigenvalue weighted by Crippen LogP contribution is -2.51. The molecule has 0 aliphatic heterocycles. The Balaban J connectivity index is 4.55. The number of aliphatic hydroxyl groups is 5. The zero-order valence-electron chi connectivity index (χ0n) is 10.6. The number of hydrogen-bond donors (Lipinski definition) is 7. The van der Waals surface area contributed by atoms with Gasteiger partial charge in [0.05, 0.1) is 6.61 Å². The van der Waals surface area contributed by atoms with Gasteiger partial charge in [-0.05, 0) is 0 Å². The molecular formula is C9H19O10P. The summed E-state index contributed by atoms with van der Waals surface area (Å²) in [7, 11) is -4.87. The van der Waals surface area contributed by atoms with Gasteiger partial charge in [0.2, 0.25) is 0 Å². The first-order chi connectivity index (χ1) is 9.01. The van der Waals surface area contributed by atoms with E-state index < -0.39 is 50.7 Å². The molecule has 0 aliphatic rings. The van der Waals surface area contributed by atoms with Crippen LogP contribution in [0.3, 0.4) is 0 Å². The molecule has 0 aliphatic carbocycles. The summed E-state index contributed by atoms with van der Waals surface area (Å²) in [4.78, 5) is 27.9. The predicted octanol–water partition coefficient (Wildman–Crippen LogP) is -3.12. The maximum Gasteiger partial charge on any atom is 0.469 e. The van der Waals surface area contributed by atoms with Crippen LogP contribution in [0.25, 0.3) is 0 Å². The second kappa shape index (κ2) is 8.13. The molecule has 5 atom stereocenters. The SMILES string of the molecule is CCC(=O)[C@@H](O)[C@H](O)[C@H](O)[C@H](O)[C@H](O)COP(=O)(O)O. The standard InChI is InChI=1S/C9H19O10P/c1-2-4(10)6(12)8(14)9(15)7(13)5(11)3-19-20(16,17)18/h5-9,11-15H,2-3H2,1H3,(H2,16,17,18)/t5-,6-,7-,8+,9-/m1/s1. The molecule has 0 fully saturated rings. The largest absolute Gasteiger partial charge is 0.469 e. The molecule has 0 bridgehead atoms. The van der Waals surface area contributed by atoms with Crippen molar-refractivity contribution in [3.05, 3.63) is 0 Å². The molecule has 120 valence electrons. The second-order valence-corrected chi connectivity index (χ2v) is 5.33. The van der Waals surface area contributed by atoms with E-state index in [4.69, 9.17) is 9.79 Å². The molecule has 10 nitrogen and oxygen atoms in total. The van der Waals surface area contributed by atoms with Gasteiger partial charge >= 0.3 is 7.82 Å². The highest BCUT2D eigenvalue weighted by Gasteiger charge is 2.37. The predicted molar refractivity (Wildman–Crippen MR) is 63.3 cm³/mol. The molecule has 0 amide bonds. The van der Waals surface area contributed by atoms with E-state index in [1.807, 2.05) is 0 Å². The third kappa shape index (κ3) is 6.35. The third-order valence-corrected chi connectivity index (χ3v) is 2.99. The number of carbonyl (C=O) groups is 1. The number of phosphoric ester groups is 1. The van der Waals surface area contributed by atoms with Crippen LogP contribution in [-0.2, 0) is 13.9 Å². The average Bonchev–Trinajstić information content (AvgIpc) is 2.39. The molecule has 0 unspecified atom stereocenters. The topological polar surface area (TPSA) is 185 Å². The molecule has 0 rings (SSSR count). The van der Waals surface area contributed by atoms with Gasteiger partial charge in [0.25, 0.3) is 0 Å². The Hall–Kier alpha value is -0.420. The lowest BCUT2D eigenvalue weighted by molar-refractivity contribution is -0.154. The van der Waals surface area contributed by atoms with Gasteiger partial charge in [-0.1, -0.05) is 6.92 Å². The molecule has 0 spiro atoms. The zero-order chi connectivity index (χ0) is 16.1. The number of Topliss-reactive ketones (excluding diaryl/α,β-unsaturated/α-hetero) is 1. The van der Waals surface area contributed by atoms with Gasteiger partial charge < -0.3 is 35.3 Å². The number of carbonyl (C=O) groups excluding carboxylic acids is 1. The Morgan fingerprint density at radius 3 is 1.95 bits per heavy atom. The van der Waals surface area contributed by atoms with Crippen molar-refractivity contribution in [2.24, 2.45) is 0 Å². The first-order valence-corrected chi connectivity index (χ1v) is 7.17. The third-order valence-electron chi connectivity index (χ3n) is 2.51. The van der Waals surface area contributed by atoms with Gasteiger partial charge in [-0.25, -0.2) is 4.57 Å². The van der Waals surface area contributed by atoms with Crippen molar-refractivity contribution in [3.63, 3.8) is 0 Å². The Morgan fingerprint density at radius 2 is 1.55 bits per heavy atom. The Kier molecular flexibility index (Phi) is 7.96. The van der Waals surface area contributed by atoms with Crippen molar-refractivity contribution < 1.29 is 49.2 Å². The van der Waals surface area contributed by atoms with Crippen LogP contribution in [0.1, 0.15) is 13.3 Å². The summed E-state index contributed by atoms with van der Waals surface area (Å²) in [6.45, 7) is 0.386. The maximum absolute atomic E-state index is 11.1. The number of rotatable bonds is 9. The van der Waals surface area contributed by atoms with E-state index >= 15 is 0 Å². The van der Waals surface area contributed by atoms with E-state index in [2.05, 4.69) is 4.52 Å². The summed E-state index contributed by atoms with van der Waals surface area (Å²) in [5.74, 6) is -0.787. The van der Waals surface area contributed by atoms with Crippen molar-refractivity contribution in [3.8, 4) is 0 Å². The van der Waals surface area contributed by atoms with Crippen molar-refractivity contribution in [2.75, 3.05) is 6.61 Å². The summed E-state index contributed by atoms with van der Waals surface area (Å²) in [5.41, 5.74) is 0. The normalized spacial score (nSPS) is 20.0. The lowest BCUT2D eigenvalue weighted by Gasteiger charge is -2.28. The summed E-state index contributed by atoms with van der Waals surface area (Å²) in [5, 5.41) is 47.0. The van der Waals surface area contributed by atoms with Crippen LogP contribution in [0.2, 0.25) is 0 Å². The highest BCUT2D eigenvalue weighted by Crippen LogP contribution is 2.35. The number of hydrogen-bond acceptors (Lipinski definition) is 8. The molecule has 0 radical (unpaired) electrons. The molecule has 0 aromatic carbocycles. The molecule has 0 saturated carbocycles. The molecule has 0 aromatic heterocycles. The summed E-state index contributed by atoms with van der Waals surface area (Å²) < 4.78 is 14.3. The van der Waals surface area contributed by atoms with Gasteiger partial charge in [0.15, 0.2) is 5.78 Å². The fourth-order valence-electron chi connectivity index (χ4n) is 1.29. The fourth-order valence-corrected chi connectivity index (χ4v) is 1.63. The molecule has 0 aromatic rings. The minimum Gasteiger partial charge on any atom is -0.388 e. The summed E-state index contributed by atoms with van der Waals surface area (Å²) >= 11 is 0. The molecule has 7 N–H and O–H groups in total. The van der Waals surface area contributed by atoms with Crippen molar-refractivity contribution in [1.29, 1.82) is 0 Å². The van der Waals surface area contributed by atoms with Crippen LogP contribution < -0.4 is 0 Å². The molecular weight excluding hydrogens is 299 g/mol. The summed E-state index contributed by atoms with van der Waals surface area (Å²) in [6, 6.07) is 0. The Morgan fingerprint density at radius 1 is 1.05 bits per heavy atom. The van der Waals surface area contributed by atoms with Crippen LogP contribution in [-0.4, -0.2) is 78.2 Å². The molecule has 20 heavy (non-hydrogen) atoms. The second-order valence-electron chi connectivity index (χ2n) is 4.09. The monoisotopic (exact) mass is 318 g/mol. The van der Waals surface area contributed by atoms with Crippen LogP contribution in [0.5, 0.6) is 0 Å². The molecule has 0 heterocycles. The Labute approximate surface area is 114 Å². The van der Waals surface area contributed by atoms with Gasteiger partial charge in [-0.15, -0.1) is 0 Å². The number of phosphoric acid groups is 1. The van der Waals surface area contributed by atoms with Crippen molar-refractivity contribution in [2.45, 2.75) is 43.9 Å². The van der Waals surface area contributed by atoms with Crippen molar-refractivity contribution in [1.82, 2.24) is 0 Å². The van der Waals surface area contributed by atoms with Gasteiger partial charge in [0.1, 0.15) is 30.5 Å². The quantitative estimate of drug-likeness (QED) is 0.214. The Bertz CT molecular complexity index is 355.